The van der Waals surface area contributed by atoms with E-state index in [1.807, 2.05) is 13.8 Å². The molecule has 0 aliphatic carbocycles. The van der Waals surface area contributed by atoms with Crippen molar-refractivity contribution in [3.8, 4) is 5.75 Å². The first-order chi connectivity index (χ1) is 8.17. The summed E-state index contributed by atoms with van der Waals surface area (Å²) in [4.78, 5) is 0. The van der Waals surface area contributed by atoms with Gasteiger partial charge in [-0.2, -0.15) is 0 Å². The summed E-state index contributed by atoms with van der Waals surface area (Å²) in [6, 6.07) is 3.14. The molecule has 0 aromatic heterocycles. The molecule has 96 valence electrons. The maximum Gasteiger partial charge on any atom is 0.191 e. The topological polar surface area (TPSA) is 27.7 Å². The molecule has 0 aliphatic heterocycles. The third kappa shape index (κ3) is 4.66. The predicted molar refractivity (Wildman–Crippen MR) is 58.9 cm³/mol. The van der Waals surface area contributed by atoms with Gasteiger partial charge in [0.05, 0.1) is 0 Å². The van der Waals surface area contributed by atoms with E-state index in [4.69, 9.17) is 14.2 Å². The summed E-state index contributed by atoms with van der Waals surface area (Å²) in [5.74, 6) is -1.39. The van der Waals surface area contributed by atoms with E-state index in [2.05, 4.69) is 0 Å². The molecular weight excluding hydrogens is 230 g/mol. The Labute approximate surface area is 99.3 Å². The van der Waals surface area contributed by atoms with E-state index >= 15 is 0 Å². The number of rotatable bonds is 7. The Kier molecular flexibility index (Phi) is 5.86. The van der Waals surface area contributed by atoms with Gasteiger partial charge < -0.3 is 14.2 Å². The molecule has 0 fully saturated rings. The Balaban J connectivity index is 2.52. The maximum atomic E-state index is 13.2. The molecule has 1 rings (SSSR count). The van der Waals surface area contributed by atoms with Gasteiger partial charge in [-0.15, -0.1) is 0 Å². The molecule has 1 aromatic rings. The third-order valence-corrected chi connectivity index (χ3v) is 1.97. The van der Waals surface area contributed by atoms with E-state index in [1.54, 1.807) is 0 Å². The van der Waals surface area contributed by atoms with Crippen LogP contribution in [0, 0.1) is 11.6 Å². The quantitative estimate of drug-likeness (QED) is 0.692. The fourth-order valence-corrected chi connectivity index (χ4v) is 1.27. The second-order valence-corrected chi connectivity index (χ2v) is 3.23. The van der Waals surface area contributed by atoms with E-state index in [0.29, 0.717) is 13.2 Å². The van der Waals surface area contributed by atoms with Crippen molar-refractivity contribution in [2.45, 2.75) is 20.1 Å². The van der Waals surface area contributed by atoms with Crippen molar-refractivity contribution in [3.05, 3.63) is 29.8 Å². The molecule has 0 amide bonds. The highest BCUT2D eigenvalue weighted by Gasteiger charge is 2.11. The predicted octanol–water partition coefficient (Wildman–Crippen LogP) is 2.74. The molecule has 1 aromatic carbocycles. The molecule has 5 heteroatoms. The van der Waals surface area contributed by atoms with Crippen LogP contribution < -0.4 is 4.74 Å². The summed E-state index contributed by atoms with van der Waals surface area (Å²) in [5.41, 5.74) is 0. The van der Waals surface area contributed by atoms with Gasteiger partial charge in [0.1, 0.15) is 12.4 Å². The maximum absolute atomic E-state index is 13.2. The Bertz CT molecular complexity index is 339. The first kappa shape index (κ1) is 13.9. The van der Waals surface area contributed by atoms with Crippen LogP contribution in [0.5, 0.6) is 5.75 Å². The summed E-state index contributed by atoms with van der Waals surface area (Å²) >= 11 is 0. The standard InChI is InChI=1S/C12H16F2O3/c1-3-15-12(16-4-2)8-17-11-6-5-9(13)7-10(11)14/h5-7,12H,3-4,8H2,1-2H3. The first-order valence-corrected chi connectivity index (χ1v) is 5.48. The van der Waals surface area contributed by atoms with Crippen LogP contribution in [0.4, 0.5) is 8.78 Å². The van der Waals surface area contributed by atoms with Crippen molar-refractivity contribution >= 4 is 0 Å². The van der Waals surface area contributed by atoms with Crippen LogP contribution in [0.1, 0.15) is 13.8 Å². The van der Waals surface area contributed by atoms with Crippen LogP contribution in [0.15, 0.2) is 18.2 Å². The van der Waals surface area contributed by atoms with Gasteiger partial charge in [0.25, 0.3) is 0 Å². The lowest BCUT2D eigenvalue weighted by Crippen LogP contribution is -2.25. The number of halogens is 2. The van der Waals surface area contributed by atoms with Gasteiger partial charge in [-0.1, -0.05) is 0 Å². The third-order valence-electron chi connectivity index (χ3n) is 1.97. The summed E-state index contributed by atoms with van der Waals surface area (Å²) in [6.07, 6.45) is -0.547. The number of hydrogen-bond donors (Lipinski definition) is 0. The van der Waals surface area contributed by atoms with E-state index in [9.17, 15) is 8.78 Å². The summed E-state index contributed by atoms with van der Waals surface area (Å²) in [5, 5.41) is 0. The molecule has 0 saturated heterocycles. The highest BCUT2D eigenvalue weighted by Crippen LogP contribution is 2.18. The van der Waals surface area contributed by atoms with Crippen molar-refractivity contribution in [3.63, 3.8) is 0 Å². The molecule has 17 heavy (non-hydrogen) atoms. The average Bonchev–Trinajstić information content (AvgIpc) is 2.28. The lowest BCUT2D eigenvalue weighted by molar-refractivity contribution is -0.152. The van der Waals surface area contributed by atoms with Crippen LogP contribution in [0.25, 0.3) is 0 Å². The molecule has 0 atom stereocenters. The molecule has 0 spiro atoms. The van der Waals surface area contributed by atoms with Gasteiger partial charge in [-0.25, -0.2) is 8.78 Å². The van der Waals surface area contributed by atoms with Crippen molar-refractivity contribution in [2.24, 2.45) is 0 Å². The summed E-state index contributed by atoms with van der Waals surface area (Å²) < 4.78 is 41.5. The molecule has 0 unspecified atom stereocenters. The molecule has 3 nitrogen and oxygen atoms in total. The van der Waals surface area contributed by atoms with Crippen LogP contribution in [-0.2, 0) is 9.47 Å². The van der Waals surface area contributed by atoms with Gasteiger partial charge in [0.15, 0.2) is 17.9 Å². The molecule has 0 bridgehead atoms. The number of ether oxygens (including phenoxy) is 3. The zero-order valence-corrected chi connectivity index (χ0v) is 9.91. The normalized spacial score (nSPS) is 10.9. The van der Waals surface area contributed by atoms with Gasteiger partial charge in [0.2, 0.25) is 0 Å². The zero-order valence-electron chi connectivity index (χ0n) is 9.91. The molecule has 0 saturated carbocycles. The summed E-state index contributed by atoms with van der Waals surface area (Å²) in [6.45, 7) is 4.65. The molecule has 0 N–H and O–H groups in total. The highest BCUT2D eigenvalue weighted by atomic mass is 19.1. The molecular formula is C12H16F2O3. The van der Waals surface area contributed by atoms with Crippen LogP contribution >= 0.6 is 0 Å². The van der Waals surface area contributed by atoms with Crippen LogP contribution in [-0.4, -0.2) is 26.1 Å². The average molecular weight is 246 g/mol. The lowest BCUT2D eigenvalue weighted by atomic mass is 10.3. The number of benzene rings is 1. The minimum Gasteiger partial charge on any atom is -0.485 e. The second-order valence-electron chi connectivity index (χ2n) is 3.23. The van der Waals surface area contributed by atoms with E-state index < -0.39 is 17.9 Å². The van der Waals surface area contributed by atoms with Gasteiger partial charge in [-0.05, 0) is 26.0 Å². The van der Waals surface area contributed by atoms with Crippen molar-refractivity contribution in [1.82, 2.24) is 0 Å². The molecule has 0 aliphatic rings. The Morgan fingerprint density at radius 1 is 1.12 bits per heavy atom. The van der Waals surface area contributed by atoms with E-state index in [-0.39, 0.29) is 12.4 Å². The lowest BCUT2D eigenvalue weighted by Gasteiger charge is -2.17. The van der Waals surface area contributed by atoms with E-state index in [1.165, 1.54) is 6.07 Å². The first-order valence-electron chi connectivity index (χ1n) is 5.48. The van der Waals surface area contributed by atoms with Crippen LogP contribution in [0.3, 0.4) is 0 Å². The highest BCUT2D eigenvalue weighted by molar-refractivity contribution is 5.24. The van der Waals surface area contributed by atoms with Gasteiger partial charge in [-0.3, -0.25) is 0 Å². The van der Waals surface area contributed by atoms with Crippen LogP contribution in [0.2, 0.25) is 0 Å². The van der Waals surface area contributed by atoms with Crippen molar-refractivity contribution in [2.75, 3.05) is 19.8 Å². The Morgan fingerprint density at radius 3 is 2.29 bits per heavy atom. The molecule has 0 radical (unpaired) electrons. The van der Waals surface area contributed by atoms with Crippen molar-refractivity contribution in [1.29, 1.82) is 0 Å². The molecule has 0 heterocycles. The smallest absolute Gasteiger partial charge is 0.191 e. The Morgan fingerprint density at radius 2 is 1.76 bits per heavy atom. The zero-order chi connectivity index (χ0) is 12.7. The monoisotopic (exact) mass is 246 g/mol. The Hall–Kier alpha value is -1.20. The van der Waals surface area contributed by atoms with Gasteiger partial charge >= 0.3 is 0 Å². The fraction of sp³-hybridized carbons (Fsp3) is 0.500. The fourth-order valence-electron chi connectivity index (χ4n) is 1.27. The van der Waals surface area contributed by atoms with E-state index in [0.717, 1.165) is 12.1 Å². The minimum atomic E-state index is -0.739. The van der Waals surface area contributed by atoms with Gasteiger partial charge in [0, 0.05) is 19.3 Å². The number of hydrogen-bond acceptors (Lipinski definition) is 3. The second kappa shape index (κ2) is 7.19. The SMILES string of the molecule is CCOC(COc1ccc(F)cc1F)OCC. The largest absolute Gasteiger partial charge is 0.485 e. The van der Waals surface area contributed by atoms with Crippen molar-refractivity contribution < 1.29 is 23.0 Å². The minimum absolute atomic E-state index is 0.0178. The summed E-state index contributed by atoms with van der Waals surface area (Å²) in [7, 11) is 0.